The first-order valence-corrected chi connectivity index (χ1v) is 17.8. The van der Waals surface area contributed by atoms with Gasteiger partial charge in [-0.1, -0.05) is 38.1 Å². The maximum absolute atomic E-state index is 17.8. The van der Waals surface area contributed by atoms with Gasteiger partial charge in [0.25, 0.3) is 5.56 Å². The second-order valence-corrected chi connectivity index (χ2v) is 15.0. The fourth-order valence-corrected chi connectivity index (χ4v) is 8.16. The van der Waals surface area contributed by atoms with Crippen molar-refractivity contribution in [3.8, 4) is 16.8 Å². The second kappa shape index (κ2) is 12.2. The number of hydrogen-bond donors (Lipinski definition) is 1. The number of aromatic amines is 1. The van der Waals surface area contributed by atoms with Crippen LogP contribution in [0.25, 0.3) is 38.6 Å². The van der Waals surface area contributed by atoms with E-state index in [1.165, 1.54) is 6.08 Å². The average Bonchev–Trinajstić information content (AvgIpc) is 3.50. The number of sulfone groups is 1. The molecule has 0 bridgehead atoms. The van der Waals surface area contributed by atoms with Crippen LogP contribution in [0.5, 0.6) is 0 Å². The van der Waals surface area contributed by atoms with Crippen molar-refractivity contribution in [2.24, 2.45) is 0 Å². The van der Waals surface area contributed by atoms with Crippen LogP contribution in [0.3, 0.4) is 0 Å². The Hall–Kier alpha value is -4.55. The highest BCUT2D eigenvalue weighted by Crippen LogP contribution is 2.45. The van der Waals surface area contributed by atoms with Crippen LogP contribution < -0.4 is 10.5 Å². The molecule has 4 heterocycles. The summed E-state index contributed by atoms with van der Waals surface area (Å²) in [6, 6.07) is 6.54. The number of pyridine rings is 2. The summed E-state index contributed by atoms with van der Waals surface area (Å²) in [6.45, 7) is 13.4. The van der Waals surface area contributed by atoms with Crippen molar-refractivity contribution in [1.82, 2.24) is 24.6 Å². The molecule has 0 aliphatic carbocycles. The molecule has 1 saturated heterocycles. The fourth-order valence-electron chi connectivity index (χ4n) is 6.87. The molecule has 1 N–H and O–H groups in total. The van der Waals surface area contributed by atoms with Crippen LogP contribution in [-0.4, -0.2) is 70.9 Å². The number of rotatable bonds is 6. The molecule has 0 spiro atoms. The third-order valence-corrected chi connectivity index (χ3v) is 10.5. The molecule has 6 rings (SSSR count). The number of nitrogens with zero attached hydrogens (tertiary/aromatic N) is 5. The predicted molar refractivity (Wildman–Crippen MR) is 188 cm³/mol. The summed E-state index contributed by atoms with van der Waals surface area (Å²) in [5.74, 6) is -1.25. The van der Waals surface area contributed by atoms with Gasteiger partial charge in [0.1, 0.15) is 0 Å². The zero-order valence-electron chi connectivity index (χ0n) is 27.6. The second-order valence-electron chi connectivity index (χ2n) is 12.7. The number of anilines is 1. The molecule has 2 aromatic carbocycles. The highest BCUT2D eigenvalue weighted by Gasteiger charge is 2.36. The number of piperazine rings is 1. The van der Waals surface area contributed by atoms with Crippen LogP contribution in [-0.2, 0) is 14.6 Å². The van der Waals surface area contributed by atoms with Crippen LogP contribution in [0.15, 0.2) is 59.0 Å². The number of amides is 1. The van der Waals surface area contributed by atoms with Gasteiger partial charge < -0.3 is 9.80 Å². The van der Waals surface area contributed by atoms with Gasteiger partial charge in [0.05, 0.1) is 39.3 Å². The van der Waals surface area contributed by atoms with Gasteiger partial charge in [-0.25, -0.2) is 12.8 Å². The van der Waals surface area contributed by atoms with E-state index in [0.29, 0.717) is 33.4 Å². The van der Waals surface area contributed by atoms with E-state index < -0.39 is 26.1 Å². The zero-order chi connectivity index (χ0) is 34.8. The van der Waals surface area contributed by atoms with Crippen LogP contribution in [0.1, 0.15) is 43.5 Å². The van der Waals surface area contributed by atoms with Crippen molar-refractivity contribution < 1.29 is 17.6 Å². The number of carbonyl (C=O) groups excluding carboxylic acids is 1. The predicted octanol–water partition coefficient (Wildman–Crippen LogP) is 6.09. The molecule has 13 heteroatoms. The first kappa shape index (κ1) is 33.4. The SMILES string of the molecule is C=CC(=O)N1CCN(c2c(S(C)(=O)=O)c(=O)n(-c3c(C)ccnc3C(C)C)c3c(F)c(-c4c(C)ccc5[nH]ncc45)c(Cl)cc23)C[C@H]1C. The van der Waals surface area contributed by atoms with Gasteiger partial charge in [-0.3, -0.25) is 24.2 Å². The lowest BCUT2D eigenvalue weighted by Crippen LogP contribution is -2.54. The standard InChI is InChI=1S/C35H36ClFN6O4S/c1-8-26(44)42-14-13-41(17-21(42)6)33-22-15-24(36)28(27-19(4)9-10-25-23(27)16-39-40-25)29(37)32(22)43(35(45)34(33)48(7,46)47)31-20(5)11-12-38-30(31)18(2)3/h8-12,15-16,18,21H,1,13-14,17H2,2-7H3,(H,39,40)/t21-/m1/s1. The van der Waals surface area contributed by atoms with E-state index in [2.05, 4.69) is 21.8 Å². The molecule has 250 valence electrons. The van der Waals surface area contributed by atoms with Crippen molar-refractivity contribution in [3.05, 3.63) is 87.3 Å². The number of H-pyrrole nitrogens is 1. The molecule has 1 fully saturated rings. The van der Waals surface area contributed by atoms with Crippen LogP contribution in [0, 0.1) is 19.7 Å². The van der Waals surface area contributed by atoms with E-state index >= 15 is 4.39 Å². The van der Waals surface area contributed by atoms with Crippen LogP contribution >= 0.6 is 11.6 Å². The highest BCUT2D eigenvalue weighted by atomic mass is 35.5. The zero-order valence-corrected chi connectivity index (χ0v) is 29.1. The van der Waals surface area contributed by atoms with E-state index in [4.69, 9.17) is 11.6 Å². The molecule has 48 heavy (non-hydrogen) atoms. The normalized spacial score (nSPS) is 15.6. The van der Waals surface area contributed by atoms with Crippen molar-refractivity contribution >= 4 is 54.8 Å². The van der Waals surface area contributed by atoms with E-state index in [9.17, 15) is 18.0 Å². The third kappa shape index (κ3) is 5.27. The van der Waals surface area contributed by atoms with Crippen LogP contribution in [0.2, 0.25) is 5.02 Å². The summed E-state index contributed by atoms with van der Waals surface area (Å²) in [5, 5.41) is 7.88. The number of aryl methyl sites for hydroxylation is 2. The van der Waals surface area contributed by atoms with Crippen molar-refractivity contribution in [2.75, 3.05) is 30.8 Å². The molecule has 3 aromatic heterocycles. The molecule has 0 radical (unpaired) electrons. The molecule has 1 atom stereocenters. The van der Waals surface area contributed by atoms with Gasteiger partial charge in [-0.05, 0) is 62.1 Å². The number of fused-ring (bicyclic) bond motifs is 2. The molecular weight excluding hydrogens is 655 g/mol. The Morgan fingerprint density at radius 1 is 1.12 bits per heavy atom. The quantitative estimate of drug-likeness (QED) is 0.214. The lowest BCUT2D eigenvalue weighted by atomic mass is 9.94. The molecule has 5 aromatic rings. The van der Waals surface area contributed by atoms with Gasteiger partial charge in [-0.15, -0.1) is 0 Å². The monoisotopic (exact) mass is 690 g/mol. The van der Waals surface area contributed by atoms with E-state index in [0.717, 1.165) is 16.4 Å². The smallest absolute Gasteiger partial charge is 0.276 e. The number of hydrogen-bond acceptors (Lipinski definition) is 7. The van der Waals surface area contributed by atoms with Gasteiger partial charge in [-0.2, -0.15) is 5.10 Å². The number of carbonyl (C=O) groups is 1. The minimum atomic E-state index is -4.22. The Morgan fingerprint density at radius 2 is 1.85 bits per heavy atom. The highest BCUT2D eigenvalue weighted by molar-refractivity contribution is 7.90. The van der Waals surface area contributed by atoms with Gasteiger partial charge >= 0.3 is 0 Å². The first-order valence-electron chi connectivity index (χ1n) is 15.5. The Labute approximate surface area is 282 Å². The number of nitrogens with one attached hydrogen (secondary N) is 1. The largest absolute Gasteiger partial charge is 0.366 e. The summed E-state index contributed by atoms with van der Waals surface area (Å²) in [5.41, 5.74) is 2.38. The van der Waals surface area contributed by atoms with Crippen molar-refractivity contribution in [3.63, 3.8) is 0 Å². The van der Waals surface area contributed by atoms with Crippen molar-refractivity contribution in [2.45, 2.75) is 51.5 Å². The molecule has 10 nitrogen and oxygen atoms in total. The Morgan fingerprint density at radius 3 is 2.50 bits per heavy atom. The van der Waals surface area contributed by atoms with Gasteiger partial charge in [0, 0.05) is 60.0 Å². The van der Waals surface area contributed by atoms with Gasteiger partial charge in [0.2, 0.25) is 5.91 Å². The van der Waals surface area contributed by atoms with E-state index in [1.807, 2.05) is 39.8 Å². The third-order valence-electron chi connectivity index (χ3n) is 9.06. The molecule has 0 unspecified atom stereocenters. The lowest BCUT2D eigenvalue weighted by Gasteiger charge is -2.41. The van der Waals surface area contributed by atoms with E-state index in [-0.39, 0.29) is 64.7 Å². The number of benzene rings is 2. The van der Waals surface area contributed by atoms with E-state index in [1.54, 1.807) is 41.2 Å². The van der Waals surface area contributed by atoms with Gasteiger partial charge in [0.15, 0.2) is 20.5 Å². The minimum Gasteiger partial charge on any atom is -0.366 e. The minimum absolute atomic E-state index is 0.0308. The fraction of sp³-hybridized carbons (Fsp3) is 0.314. The lowest BCUT2D eigenvalue weighted by molar-refractivity contribution is -0.128. The molecule has 1 aliphatic rings. The Kier molecular flexibility index (Phi) is 8.45. The molecule has 0 saturated carbocycles. The first-order chi connectivity index (χ1) is 22.7. The maximum Gasteiger partial charge on any atom is 0.276 e. The maximum atomic E-state index is 17.8. The Bertz CT molecular complexity index is 2330. The molecular formula is C35H36ClFN6O4S. The van der Waals surface area contributed by atoms with Crippen molar-refractivity contribution in [1.29, 1.82) is 0 Å². The molecule has 1 aliphatic heterocycles. The average molecular weight is 691 g/mol. The number of aromatic nitrogens is 4. The Balaban J connectivity index is 1.82. The summed E-state index contributed by atoms with van der Waals surface area (Å²) >= 11 is 7.02. The molecule has 1 amide bonds. The van der Waals surface area contributed by atoms with Crippen LogP contribution in [0.4, 0.5) is 10.1 Å². The summed E-state index contributed by atoms with van der Waals surface area (Å²) < 4.78 is 46.3. The topological polar surface area (TPSA) is 121 Å². The summed E-state index contributed by atoms with van der Waals surface area (Å²) in [6.07, 6.45) is 5.40. The summed E-state index contributed by atoms with van der Waals surface area (Å²) in [4.78, 5) is 34.9. The number of halogens is 2. The summed E-state index contributed by atoms with van der Waals surface area (Å²) in [7, 11) is -4.22.